The Labute approximate surface area is 104 Å². The summed E-state index contributed by atoms with van der Waals surface area (Å²) in [6.45, 7) is 2.53. The molecule has 6 heteroatoms. The van der Waals surface area contributed by atoms with Crippen LogP contribution in [0.5, 0.6) is 0 Å². The minimum Gasteiger partial charge on any atom is -0.366 e. The van der Waals surface area contributed by atoms with E-state index in [0.29, 0.717) is 11.5 Å². The van der Waals surface area contributed by atoms with Gasteiger partial charge in [-0.3, -0.25) is 0 Å². The number of nitrogens with zero attached hydrogens (tertiary/aromatic N) is 3. The first-order chi connectivity index (χ1) is 8.65. The number of hydrogen-bond donors (Lipinski definition) is 2. The van der Waals surface area contributed by atoms with Crippen molar-refractivity contribution in [1.29, 1.82) is 0 Å². The Hall–Kier alpha value is -2.11. The van der Waals surface area contributed by atoms with Crippen LogP contribution in [0.3, 0.4) is 0 Å². The summed E-state index contributed by atoms with van der Waals surface area (Å²) in [5.41, 5.74) is 7.13. The van der Waals surface area contributed by atoms with Gasteiger partial charge in [-0.05, 0) is 30.5 Å². The maximum Gasteiger partial charge on any atom is 0.241 e. The first kappa shape index (κ1) is 11.0. The van der Waals surface area contributed by atoms with Crippen LogP contribution < -0.4 is 11.1 Å². The molecule has 5 nitrogen and oxygen atoms in total. The Morgan fingerprint density at radius 3 is 3.11 bits per heavy atom. The summed E-state index contributed by atoms with van der Waals surface area (Å²) in [7, 11) is 0. The Bertz CT molecular complexity index is 592. The zero-order valence-electron chi connectivity index (χ0n) is 10.0. The van der Waals surface area contributed by atoms with Crippen molar-refractivity contribution in [2.45, 2.75) is 19.4 Å². The molecular formula is C12H14FN5. The number of hydrogen-bond acceptors (Lipinski definition) is 4. The molecule has 1 aromatic carbocycles. The summed E-state index contributed by atoms with van der Waals surface area (Å²) < 4.78 is 15.4. The first-order valence-corrected chi connectivity index (χ1v) is 5.87. The predicted octanol–water partition coefficient (Wildman–Crippen LogP) is 1.71. The summed E-state index contributed by atoms with van der Waals surface area (Å²) in [6.07, 6.45) is 0.832. The van der Waals surface area contributed by atoms with Crippen LogP contribution in [0.15, 0.2) is 18.2 Å². The second-order valence-corrected chi connectivity index (χ2v) is 4.48. The van der Waals surface area contributed by atoms with Crippen LogP contribution in [0.4, 0.5) is 16.3 Å². The van der Waals surface area contributed by atoms with Gasteiger partial charge in [0, 0.05) is 6.54 Å². The first-order valence-electron chi connectivity index (χ1n) is 5.87. The minimum atomic E-state index is -0.194. The van der Waals surface area contributed by atoms with Gasteiger partial charge in [0.05, 0.1) is 6.04 Å². The van der Waals surface area contributed by atoms with E-state index in [9.17, 15) is 4.39 Å². The fourth-order valence-electron chi connectivity index (χ4n) is 2.24. The van der Waals surface area contributed by atoms with Crippen molar-refractivity contribution in [2.24, 2.45) is 0 Å². The lowest BCUT2D eigenvalue weighted by atomic mass is 10.0. The van der Waals surface area contributed by atoms with E-state index in [-0.39, 0.29) is 17.8 Å². The van der Waals surface area contributed by atoms with Crippen LogP contribution >= 0.6 is 0 Å². The lowest BCUT2D eigenvalue weighted by molar-refractivity contribution is 0.478. The van der Waals surface area contributed by atoms with Gasteiger partial charge in [-0.25, -0.2) is 9.07 Å². The van der Waals surface area contributed by atoms with Crippen molar-refractivity contribution < 1.29 is 4.39 Å². The highest BCUT2D eigenvalue weighted by atomic mass is 19.1. The molecule has 1 aromatic heterocycles. The monoisotopic (exact) mass is 247 g/mol. The maximum absolute atomic E-state index is 13.6. The maximum atomic E-state index is 13.6. The number of aryl methyl sites for hydroxylation is 1. The Morgan fingerprint density at radius 2 is 2.33 bits per heavy atom. The molecule has 3 N–H and O–H groups in total. The lowest BCUT2D eigenvalue weighted by Gasteiger charge is -2.24. The molecule has 0 radical (unpaired) electrons. The van der Waals surface area contributed by atoms with Crippen molar-refractivity contribution in [1.82, 2.24) is 14.8 Å². The summed E-state index contributed by atoms with van der Waals surface area (Å²) in [5, 5.41) is 7.28. The largest absolute Gasteiger partial charge is 0.366 e. The van der Waals surface area contributed by atoms with E-state index in [1.165, 1.54) is 0 Å². The second-order valence-electron chi connectivity index (χ2n) is 4.48. The highest BCUT2D eigenvalue weighted by Gasteiger charge is 2.24. The molecule has 3 rings (SSSR count). The van der Waals surface area contributed by atoms with Gasteiger partial charge >= 0.3 is 0 Å². The number of aromatic nitrogens is 3. The number of nitrogens with one attached hydrogen (secondary N) is 1. The van der Waals surface area contributed by atoms with Crippen LogP contribution in [0.25, 0.3) is 0 Å². The van der Waals surface area contributed by atoms with Crippen molar-refractivity contribution in [2.75, 3.05) is 17.6 Å². The number of benzene rings is 1. The molecule has 1 atom stereocenters. The van der Waals surface area contributed by atoms with Crippen molar-refractivity contribution in [3.63, 3.8) is 0 Å². The Balaban J connectivity index is 2.05. The quantitative estimate of drug-likeness (QED) is 0.805. The van der Waals surface area contributed by atoms with Gasteiger partial charge in [0.25, 0.3) is 0 Å². The molecule has 18 heavy (non-hydrogen) atoms. The third kappa shape index (κ3) is 1.70. The van der Waals surface area contributed by atoms with Gasteiger partial charge in [-0.1, -0.05) is 12.1 Å². The molecule has 0 saturated carbocycles. The van der Waals surface area contributed by atoms with Gasteiger partial charge in [0.2, 0.25) is 11.9 Å². The fourth-order valence-corrected chi connectivity index (χ4v) is 2.24. The van der Waals surface area contributed by atoms with Crippen LogP contribution in [-0.2, 0) is 0 Å². The number of halogens is 1. The average Bonchev–Trinajstić information content (AvgIpc) is 2.72. The molecule has 0 fully saturated rings. The molecule has 0 amide bonds. The standard InChI is InChI=1S/C12H14FN5/c1-7-2-3-8(6-9(7)13)10-4-5-15-12-16-11(14)17-18(10)12/h2-3,6,10H,4-5H2,1H3,(H3,14,15,16,17). The third-order valence-electron chi connectivity index (χ3n) is 3.22. The molecule has 1 aliphatic heterocycles. The molecule has 94 valence electrons. The zero-order chi connectivity index (χ0) is 12.7. The molecule has 0 bridgehead atoms. The van der Waals surface area contributed by atoms with Crippen molar-refractivity contribution in [3.05, 3.63) is 35.1 Å². The fraction of sp³-hybridized carbons (Fsp3) is 0.333. The van der Waals surface area contributed by atoms with Gasteiger partial charge in [0.15, 0.2) is 0 Å². The Morgan fingerprint density at radius 1 is 1.50 bits per heavy atom. The van der Waals surface area contributed by atoms with E-state index in [0.717, 1.165) is 18.5 Å². The van der Waals surface area contributed by atoms with E-state index in [4.69, 9.17) is 5.73 Å². The smallest absolute Gasteiger partial charge is 0.241 e. The van der Waals surface area contributed by atoms with Crippen molar-refractivity contribution >= 4 is 11.9 Å². The zero-order valence-corrected chi connectivity index (χ0v) is 10.0. The van der Waals surface area contributed by atoms with E-state index in [2.05, 4.69) is 15.4 Å². The van der Waals surface area contributed by atoms with E-state index in [1.54, 1.807) is 23.7 Å². The number of fused-ring (bicyclic) bond motifs is 1. The molecule has 0 saturated heterocycles. The normalized spacial score (nSPS) is 18.2. The van der Waals surface area contributed by atoms with Crippen LogP contribution in [0.1, 0.15) is 23.6 Å². The average molecular weight is 247 g/mol. The van der Waals surface area contributed by atoms with Crippen LogP contribution in [-0.4, -0.2) is 21.3 Å². The Kier molecular flexibility index (Phi) is 2.43. The van der Waals surface area contributed by atoms with Gasteiger partial charge in [0.1, 0.15) is 5.82 Å². The predicted molar refractivity (Wildman–Crippen MR) is 66.8 cm³/mol. The molecule has 0 aliphatic carbocycles. The number of rotatable bonds is 1. The lowest BCUT2D eigenvalue weighted by Crippen LogP contribution is -2.24. The summed E-state index contributed by atoms with van der Waals surface area (Å²) in [5.74, 6) is 0.683. The number of nitrogens with two attached hydrogens (primary N) is 1. The third-order valence-corrected chi connectivity index (χ3v) is 3.22. The van der Waals surface area contributed by atoms with Gasteiger partial charge in [-0.15, -0.1) is 5.10 Å². The summed E-state index contributed by atoms with van der Waals surface area (Å²) in [4.78, 5) is 4.09. The molecule has 2 heterocycles. The van der Waals surface area contributed by atoms with E-state index in [1.807, 2.05) is 6.07 Å². The molecule has 2 aromatic rings. The topological polar surface area (TPSA) is 68.8 Å². The summed E-state index contributed by atoms with van der Waals surface area (Å²) in [6, 6.07) is 5.26. The van der Waals surface area contributed by atoms with E-state index >= 15 is 0 Å². The SMILES string of the molecule is Cc1ccc(C2CCNc3nc(N)nn32)cc1F. The van der Waals surface area contributed by atoms with Gasteiger partial charge in [-0.2, -0.15) is 4.98 Å². The van der Waals surface area contributed by atoms with Crippen molar-refractivity contribution in [3.8, 4) is 0 Å². The number of nitrogen functional groups attached to an aromatic ring is 1. The highest BCUT2D eigenvalue weighted by Crippen LogP contribution is 2.29. The molecular weight excluding hydrogens is 233 g/mol. The second kappa shape index (κ2) is 3.97. The van der Waals surface area contributed by atoms with Gasteiger partial charge < -0.3 is 11.1 Å². The van der Waals surface area contributed by atoms with E-state index < -0.39 is 0 Å². The summed E-state index contributed by atoms with van der Waals surface area (Å²) >= 11 is 0. The van der Waals surface area contributed by atoms with Crippen LogP contribution in [0.2, 0.25) is 0 Å². The molecule has 0 spiro atoms. The minimum absolute atomic E-state index is 0.0128. The highest BCUT2D eigenvalue weighted by molar-refractivity contribution is 5.37. The molecule has 1 unspecified atom stereocenters. The van der Waals surface area contributed by atoms with Crippen LogP contribution in [0, 0.1) is 12.7 Å². The molecule has 1 aliphatic rings. The number of anilines is 2.